The SMILES string of the molecule is O=C(CON=Cc1cc(Cl)ccc1OCc1ccccc1Cl)Nc1ccc(Cl)cc1. The van der Waals surface area contributed by atoms with Gasteiger partial charge in [0.25, 0.3) is 5.91 Å². The number of carbonyl (C=O) groups excluding carboxylic acids is 1. The van der Waals surface area contributed by atoms with E-state index >= 15 is 0 Å². The van der Waals surface area contributed by atoms with Gasteiger partial charge in [-0.1, -0.05) is 58.2 Å². The Balaban J connectivity index is 1.56. The molecule has 5 nitrogen and oxygen atoms in total. The Labute approximate surface area is 189 Å². The topological polar surface area (TPSA) is 59.9 Å². The van der Waals surface area contributed by atoms with Gasteiger partial charge in [0.2, 0.25) is 0 Å². The van der Waals surface area contributed by atoms with E-state index in [4.69, 9.17) is 44.4 Å². The molecule has 0 aliphatic heterocycles. The van der Waals surface area contributed by atoms with Gasteiger partial charge in [0.05, 0.1) is 6.21 Å². The zero-order valence-electron chi connectivity index (χ0n) is 15.6. The van der Waals surface area contributed by atoms with Crippen LogP contribution in [0, 0.1) is 0 Å². The molecular formula is C22H17Cl3N2O3. The standard InChI is InChI=1S/C22H17Cl3N2O3/c23-17-5-8-19(9-6-17)27-22(28)14-30-26-12-16-11-18(24)7-10-21(16)29-13-15-3-1-2-4-20(15)25/h1-12H,13-14H2,(H,27,28). The van der Waals surface area contributed by atoms with Crippen LogP contribution in [-0.2, 0) is 16.2 Å². The van der Waals surface area contributed by atoms with Crippen molar-refractivity contribution in [2.24, 2.45) is 5.16 Å². The molecule has 0 radical (unpaired) electrons. The molecule has 0 aliphatic rings. The molecule has 0 saturated carbocycles. The monoisotopic (exact) mass is 462 g/mol. The molecule has 1 N–H and O–H groups in total. The van der Waals surface area contributed by atoms with Gasteiger partial charge in [-0.05, 0) is 48.5 Å². The first kappa shape index (κ1) is 22.0. The number of nitrogens with one attached hydrogen (secondary N) is 1. The third kappa shape index (κ3) is 6.66. The van der Waals surface area contributed by atoms with Crippen LogP contribution in [0.1, 0.15) is 11.1 Å². The summed E-state index contributed by atoms with van der Waals surface area (Å²) in [5.41, 5.74) is 2.07. The highest BCUT2D eigenvalue weighted by Crippen LogP contribution is 2.24. The summed E-state index contributed by atoms with van der Waals surface area (Å²) in [6.07, 6.45) is 1.43. The van der Waals surface area contributed by atoms with Crippen molar-refractivity contribution in [2.45, 2.75) is 6.61 Å². The summed E-state index contributed by atoms with van der Waals surface area (Å²) in [7, 11) is 0. The van der Waals surface area contributed by atoms with Gasteiger partial charge < -0.3 is 14.9 Å². The van der Waals surface area contributed by atoms with Crippen molar-refractivity contribution < 1.29 is 14.4 Å². The summed E-state index contributed by atoms with van der Waals surface area (Å²) in [6.45, 7) is 0.0298. The predicted octanol–water partition coefficient (Wildman–Crippen LogP) is 6.22. The summed E-state index contributed by atoms with van der Waals surface area (Å²) in [4.78, 5) is 17.0. The van der Waals surface area contributed by atoms with Gasteiger partial charge in [-0.15, -0.1) is 0 Å². The fraction of sp³-hybridized carbons (Fsp3) is 0.0909. The quantitative estimate of drug-likeness (QED) is 0.319. The second-order valence-corrected chi connectivity index (χ2v) is 7.41. The highest BCUT2D eigenvalue weighted by molar-refractivity contribution is 6.31. The Morgan fingerprint density at radius 1 is 0.967 bits per heavy atom. The van der Waals surface area contributed by atoms with Gasteiger partial charge in [-0.2, -0.15) is 0 Å². The number of nitrogens with zero attached hydrogens (tertiary/aromatic N) is 1. The van der Waals surface area contributed by atoms with E-state index in [-0.39, 0.29) is 19.1 Å². The van der Waals surface area contributed by atoms with Crippen LogP contribution in [0.15, 0.2) is 71.9 Å². The lowest BCUT2D eigenvalue weighted by Gasteiger charge is -2.10. The van der Waals surface area contributed by atoms with Crippen LogP contribution in [-0.4, -0.2) is 18.7 Å². The summed E-state index contributed by atoms with van der Waals surface area (Å²) in [5, 5.41) is 8.24. The fourth-order valence-corrected chi connectivity index (χ4v) is 2.94. The molecule has 1 amide bonds. The second-order valence-electron chi connectivity index (χ2n) is 6.13. The minimum atomic E-state index is -0.351. The third-order valence-corrected chi connectivity index (χ3v) is 4.76. The van der Waals surface area contributed by atoms with Gasteiger partial charge in [0.1, 0.15) is 12.4 Å². The lowest BCUT2D eigenvalue weighted by atomic mass is 10.2. The molecule has 30 heavy (non-hydrogen) atoms. The molecule has 3 aromatic rings. The first-order valence-electron chi connectivity index (χ1n) is 8.88. The molecule has 3 aromatic carbocycles. The van der Waals surface area contributed by atoms with E-state index < -0.39 is 0 Å². The van der Waals surface area contributed by atoms with Crippen LogP contribution in [0.4, 0.5) is 5.69 Å². The van der Waals surface area contributed by atoms with Crippen LogP contribution >= 0.6 is 34.8 Å². The van der Waals surface area contributed by atoms with E-state index in [1.807, 2.05) is 18.2 Å². The maximum Gasteiger partial charge on any atom is 0.265 e. The third-order valence-electron chi connectivity index (χ3n) is 3.90. The number of hydrogen-bond donors (Lipinski definition) is 1. The predicted molar refractivity (Wildman–Crippen MR) is 121 cm³/mol. The van der Waals surface area contributed by atoms with Gasteiger partial charge in [-0.3, -0.25) is 4.79 Å². The van der Waals surface area contributed by atoms with E-state index in [1.165, 1.54) is 6.21 Å². The Kier molecular flexibility index (Phi) is 7.97. The summed E-state index contributed by atoms with van der Waals surface area (Å²) < 4.78 is 5.85. The van der Waals surface area contributed by atoms with Crippen molar-refractivity contribution in [2.75, 3.05) is 11.9 Å². The van der Waals surface area contributed by atoms with Gasteiger partial charge in [0, 0.05) is 31.9 Å². The zero-order chi connectivity index (χ0) is 21.3. The average Bonchev–Trinajstić information content (AvgIpc) is 2.73. The van der Waals surface area contributed by atoms with Crippen molar-refractivity contribution in [3.63, 3.8) is 0 Å². The largest absolute Gasteiger partial charge is 0.488 e. The maximum absolute atomic E-state index is 11.9. The smallest absolute Gasteiger partial charge is 0.265 e. The first-order valence-corrected chi connectivity index (χ1v) is 10.0. The Bertz CT molecular complexity index is 1040. The van der Waals surface area contributed by atoms with E-state index in [0.29, 0.717) is 32.1 Å². The van der Waals surface area contributed by atoms with Crippen molar-refractivity contribution in [1.82, 2.24) is 0 Å². The van der Waals surface area contributed by atoms with Crippen molar-refractivity contribution >= 4 is 52.6 Å². The lowest BCUT2D eigenvalue weighted by Crippen LogP contribution is -2.16. The van der Waals surface area contributed by atoms with Crippen molar-refractivity contribution in [3.05, 3.63) is 92.9 Å². The van der Waals surface area contributed by atoms with E-state index in [9.17, 15) is 4.79 Å². The molecule has 3 rings (SSSR count). The summed E-state index contributed by atoms with van der Waals surface area (Å²) in [6, 6.07) is 19.3. The highest BCUT2D eigenvalue weighted by Gasteiger charge is 2.07. The number of carbonyl (C=O) groups is 1. The molecule has 0 saturated heterocycles. The molecule has 154 valence electrons. The number of hydrogen-bond acceptors (Lipinski definition) is 4. The average molecular weight is 464 g/mol. The van der Waals surface area contributed by atoms with Crippen LogP contribution in [0.3, 0.4) is 0 Å². The Hall–Kier alpha value is -2.73. The van der Waals surface area contributed by atoms with Crippen molar-refractivity contribution in [3.8, 4) is 5.75 Å². The molecule has 8 heteroatoms. The Morgan fingerprint density at radius 2 is 1.70 bits per heavy atom. The maximum atomic E-state index is 11.9. The molecule has 0 spiro atoms. The number of ether oxygens (including phenoxy) is 1. The summed E-state index contributed by atoms with van der Waals surface area (Å²) in [5.74, 6) is 0.202. The molecular weight excluding hydrogens is 447 g/mol. The van der Waals surface area contributed by atoms with Crippen LogP contribution < -0.4 is 10.1 Å². The molecule has 0 heterocycles. The lowest BCUT2D eigenvalue weighted by molar-refractivity contribution is -0.120. The minimum absolute atomic E-state index is 0.254. The second kappa shape index (κ2) is 10.9. The van der Waals surface area contributed by atoms with Crippen LogP contribution in [0.25, 0.3) is 0 Å². The molecule has 0 aliphatic carbocycles. The molecule has 0 unspecified atom stereocenters. The van der Waals surface area contributed by atoms with E-state index in [0.717, 1.165) is 5.56 Å². The molecule has 0 bridgehead atoms. The van der Waals surface area contributed by atoms with Crippen molar-refractivity contribution in [1.29, 1.82) is 0 Å². The summed E-state index contributed by atoms with van der Waals surface area (Å²) >= 11 is 18.0. The molecule has 0 aromatic heterocycles. The van der Waals surface area contributed by atoms with Crippen LogP contribution in [0.2, 0.25) is 15.1 Å². The molecule has 0 fully saturated rings. The fourth-order valence-electron chi connectivity index (χ4n) is 2.44. The number of anilines is 1. The van der Waals surface area contributed by atoms with E-state index in [1.54, 1.807) is 48.5 Å². The highest BCUT2D eigenvalue weighted by atomic mass is 35.5. The number of oxime groups is 1. The Morgan fingerprint density at radius 3 is 2.47 bits per heavy atom. The van der Waals surface area contributed by atoms with Gasteiger partial charge >= 0.3 is 0 Å². The zero-order valence-corrected chi connectivity index (χ0v) is 17.9. The number of amides is 1. The molecule has 0 atom stereocenters. The first-order chi connectivity index (χ1) is 14.5. The normalized spacial score (nSPS) is 10.8. The number of benzene rings is 3. The number of rotatable bonds is 8. The van der Waals surface area contributed by atoms with E-state index in [2.05, 4.69) is 10.5 Å². The van der Waals surface area contributed by atoms with Gasteiger partial charge in [0.15, 0.2) is 6.61 Å². The minimum Gasteiger partial charge on any atom is -0.488 e. The number of halogens is 3. The van der Waals surface area contributed by atoms with Gasteiger partial charge in [-0.25, -0.2) is 0 Å². The van der Waals surface area contributed by atoms with Crippen LogP contribution in [0.5, 0.6) is 5.75 Å².